The average Bonchev–Trinajstić information content (AvgIpc) is 1.72. The summed E-state index contributed by atoms with van der Waals surface area (Å²) >= 11 is 0. The van der Waals surface area contributed by atoms with E-state index in [9.17, 15) is 0 Å². The van der Waals surface area contributed by atoms with Crippen molar-refractivity contribution >= 4 is 9.52 Å². The van der Waals surface area contributed by atoms with E-state index in [1.165, 1.54) is 6.42 Å². The Morgan fingerprint density at radius 1 is 1.00 bits per heavy atom. The third-order valence-corrected chi connectivity index (χ3v) is 3.50. The molecule has 0 bridgehead atoms. The molecule has 0 nitrogen and oxygen atoms in total. The zero-order chi connectivity index (χ0) is 4.24. The van der Waals surface area contributed by atoms with Crippen LogP contribution in [0.15, 0.2) is 0 Å². The molecule has 0 radical (unpaired) electrons. The first kappa shape index (κ1) is 8.22. The molecule has 1 rings (SSSR count). The van der Waals surface area contributed by atoms with Gasteiger partial charge in [0.2, 0.25) is 0 Å². The van der Waals surface area contributed by atoms with E-state index in [2.05, 4.69) is 0 Å². The van der Waals surface area contributed by atoms with E-state index >= 15 is 0 Å². The molecule has 0 aliphatic carbocycles. The minimum atomic E-state index is 0. The summed E-state index contributed by atoms with van der Waals surface area (Å²) in [6, 6.07) is 3.28. The van der Waals surface area contributed by atoms with Crippen LogP contribution in [0.4, 0.5) is 0 Å². The molecule has 38 valence electrons. The molecule has 1 heterocycles. The van der Waals surface area contributed by atoms with Crippen molar-refractivity contribution in [2.45, 2.75) is 31.4 Å². The number of rotatable bonds is 0. The van der Waals surface area contributed by atoms with E-state index in [0.717, 1.165) is 0 Å². The molecule has 0 N–H and O–H groups in total. The van der Waals surface area contributed by atoms with Gasteiger partial charge >= 0.3 is 29.6 Å². The van der Waals surface area contributed by atoms with Crippen LogP contribution in [0.25, 0.3) is 0 Å². The first-order valence-electron chi connectivity index (χ1n) is 3.00. The fourth-order valence-corrected chi connectivity index (χ4v) is 2.83. The van der Waals surface area contributed by atoms with Gasteiger partial charge in [-0.05, 0) is 0 Å². The fraction of sp³-hybridized carbons (Fsp3) is 1.00. The molecule has 0 aromatic heterocycles. The molecular weight excluding hydrogens is 111 g/mol. The van der Waals surface area contributed by atoms with Gasteiger partial charge in [-0.3, -0.25) is 0 Å². The molecular formula is C5H13NaSi. The third kappa shape index (κ3) is 3.77. The summed E-state index contributed by atoms with van der Waals surface area (Å²) in [5, 5.41) is 0. The summed E-state index contributed by atoms with van der Waals surface area (Å²) in [7, 11) is 0.508. The van der Waals surface area contributed by atoms with Gasteiger partial charge in [0.15, 0.2) is 0 Å². The molecule has 2 heteroatoms. The molecule has 1 aliphatic rings. The second-order valence-electron chi connectivity index (χ2n) is 2.12. The van der Waals surface area contributed by atoms with Crippen LogP contribution < -0.4 is 29.6 Å². The maximum atomic E-state index is 1.64. The minimum Gasteiger partial charge on any atom is -1.00 e. The van der Waals surface area contributed by atoms with Crippen LogP contribution in [0, 0.1) is 0 Å². The Balaban J connectivity index is 0. The van der Waals surface area contributed by atoms with Crippen molar-refractivity contribution in [1.82, 2.24) is 0 Å². The van der Waals surface area contributed by atoms with Gasteiger partial charge in [0.05, 0.1) is 0 Å². The van der Waals surface area contributed by atoms with Gasteiger partial charge in [-0.1, -0.05) is 31.4 Å². The van der Waals surface area contributed by atoms with Crippen LogP contribution in [0.3, 0.4) is 0 Å². The minimum absolute atomic E-state index is 0. The first-order valence-corrected chi connectivity index (χ1v) is 5.00. The van der Waals surface area contributed by atoms with Gasteiger partial charge < -0.3 is 1.43 Å². The summed E-state index contributed by atoms with van der Waals surface area (Å²) in [6.07, 6.45) is 4.66. The predicted octanol–water partition coefficient (Wildman–Crippen LogP) is -1.71. The van der Waals surface area contributed by atoms with Gasteiger partial charge in [0.1, 0.15) is 0 Å². The summed E-state index contributed by atoms with van der Waals surface area (Å²) in [6.45, 7) is 0. The van der Waals surface area contributed by atoms with Gasteiger partial charge in [-0.25, -0.2) is 0 Å². The molecule has 0 atom stereocenters. The maximum absolute atomic E-state index is 1.64. The van der Waals surface area contributed by atoms with Gasteiger partial charge in [-0.2, -0.15) is 0 Å². The third-order valence-electron chi connectivity index (χ3n) is 1.50. The van der Waals surface area contributed by atoms with Crippen LogP contribution >= 0.6 is 0 Å². The molecule has 1 aliphatic heterocycles. The van der Waals surface area contributed by atoms with E-state index in [0.29, 0.717) is 9.52 Å². The average molecular weight is 124 g/mol. The van der Waals surface area contributed by atoms with Crippen LogP contribution in [-0.2, 0) is 0 Å². The Bertz CT molecular complexity index is 27.9. The predicted molar refractivity (Wildman–Crippen MR) is 33.1 cm³/mol. The van der Waals surface area contributed by atoms with Crippen LogP contribution in [0.1, 0.15) is 20.7 Å². The van der Waals surface area contributed by atoms with E-state index in [1.54, 1.807) is 24.9 Å². The van der Waals surface area contributed by atoms with Crippen molar-refractivity contribution < 1.29 is 31.0 Å². The van der Waals surface area contributed by atoms with E-state index < -0.39 is 0 Å². The maximum Gasteiger partial charge on any atom is 1.00 e. The van der Waals surface area contributed by atoms with Crippen molar-refractivity contribution in [2.75, 3.05) is 0 Å². The van der Waals surface area contributed by atoms with Gasteiger partial charge in [0, 0.05) is 9.52 Å². The number of hydrogen-bond acceptors (Lipinski definition) is 0. The Morgan fingerprint density at radius 2 is 1.57 bits per heavy atom. The Morgan fingerprint density at radius 3 is 1.71 bits per heavy atom. The standard InChI is InChI=1S/C5H12Si.Na.H/c1-2-4-6-5-3-1;;/h1-6H2;;/q;+1;-1. The second kappa shape index (κ2) is 5.36. The topological polar surface area (TPSA) is 0 Å². The van der Waals surface area contributed by atoms with E-state index in [-0.39, 0.29) is 31.0 Å². The molecule has 0 aromatic rings. The quantitative estimate of drug-likeness (QED) is 0.337. The molecule has 1 saturated heterocycles. The SMILES string of the molecule is C1CC[SiH2]CC1.[H-].[Na+]. The van der Waals surface area contributed by atoms with Crippen molar-refractivity contribution in [2.24, 2.45) is 0 Å². The summed E-state index contributed by atoms with van der Waals surface area (Å²) < 4.78 is 0. The molecule has 0 aromatic carbocycles. The largest absolute Gasteiger partial charge is 1.00 e. The smallest absolute Gasteiger partial charge is 1.00 e. The molecule has 7 heavy (non-hydrogen) atoms. The Labute approximate surface area is 71.7 Å². The van der Waals surface area contributed by atoms with Crippen molar-refractivity contribution in [1.29, 1.82) is 0 Å². The molecule has 0 saturated carbocycles. The Hall–Kier alpha value is 1.22. The van der Waals surface area contributed by atoms with Crippen molar-refractivity contribution in [3.05, 3.63) is 0 Å². The molecule has 0 spiro atoms. The number of hydrogen-bond donors (Lipinski definition) is 0. The van der Waals surface area contributed by atoms with Crippen molar-refractivity contribution in [3.8, 4) is 0 Å². The molecule has 0 amide bonds. The first-order chi connectivity index (χ1) is 3.00. The molecule has 0 unspecified atom stereocenters. The van der Waals surface area contributed by atoms with Crippen molar-refractivity contribution in [3.63, 3.8) is 0 Å². The van der Waals surface area contributed by atoms with Crippen LogP contribution in [0.5, 0.6) is 0 Å². The van der Waals surface area contributed by atoms with Crippen LogP contribution in [0.2, 0.25) is 12.1 Å². The monoisotopic (exact) mass is 124 g/mol. The Kier molecular flexibility index (Phi) is 6.29. The van der Waals surface area contributed by atoms with E-state index in [4.69, 9.17) is 0 Å². The fourth-order valence-electron chi connectivity index (χ4n) is 1.06. The molecule has 1 fully saturated rings. The van der Waals surface area contributed by atoms with Gasteiger partial charge in [0.25, 0.3) is 0 Å². The van der Waals surface area contributed by atoms with Crippen LogP contribution in [-0.4, -0.2) is 9.52 Å². The summed E-state index contributed by atoms with van der Waals surface area (Å²) in [5.41, 5.74) is 0. The normalized spacial score (nSPS) is 20.6. The summed E-state index contributed by atoms with van der Waals surface area (Å²) in [5.74, 6) is 0. The van der Waals surface area contributed by atoms with E-state index in [1.807, 2.05) is 0 Å². The van der Waals surface area contributed by atoms with Gasteiger partial charge in [-0.15, -0.1) is 0 Å². The second-order valence-corrected chi connectivity index (χ2v) is 4.24. The zero-order valence-electron chi connectivity index (χ0n) is 6.24. The zero-order valence-corrected chi connectivity index (χ0v) is 8.66. The summed E-state index contributed by atoms with van der Waals surface area (Å²) in [4.78, 5) is 0.